The van der Waals surface area contributed by atoms with Gasteiger partial charge in [0.15, 0.2) is 0 Å². The first-order valence-corrected chi connectivity index (χ1v) is 8.85. The molecule has 0 saturated carbocycles. The van der Waals surface area contributed by atoms with Gasteiger partial charge in [0.1, 0.15) is 0 Å². The molecule has 23 heavy (non-hydrogen) atoms. The maximum Gasteiger partial charge on any atom is 0.226 e. The molecule has 2 aliphatic heterocycles. The van der Waals surface area contributed by atoms with Crippen LogP contribution in [0.2, 0.25) is 0 Å². The van der Waals surface area contributed by atoms with Gasteiger partial charge in [-0.05, 0) is 55.8 Å². The van der Waals surface area contributed by atoms with Crippen molar-refractivity contribution in [1.82, 2.24) is 15.2 Å². The van der Waals surface area contributed by atoms with Crippen molar-refractivity contribution in [3.8, 4) is 0 Å². The number of aromatic nitrogens is 1. The van der Waals surface area contributed by atoms with Crippen LogP contribution in [0, 0.1) is 17.8 Å². The minimum Gasteiger partial charge on any atom is -0.342 e. The zero-order valence-corrected chi connectivity index (χ0v) is 13.5. The lowest BCUT2D eigenvalue weighted by Gasteiger charge is -2.43. The van der Waals surface area contributed by atoms with Crippen LogP contribution in [0.3, 0.4) is 0 Å². The van der Waals surface area contributed by atoms with Crippen molar-refractivity contribution in [2.45, 2.75) is 25.2 Å². The predicted molar refractivity (Wildman–Crippen MR) is 89.9 cm³/mol. The highest BCUT2D eigenvalue weighted by Gasteiger charge is 2.38. The monoisotopic (exact) mass is 311 g/mol. The third-order valence-electron chi connectivity index (χ3n) is 5.66. The number of fused-ring (bicyclic) bond motifs is 2. The normalized spacial score (nSPS) is 33.5. The molecule has 1 N–H and O–H groups in total. The molecule has 1 aromatic rings. The number of hydrogen-bond donors (Lipinski definition) is 1. The zero-order chi connectivity index (χ0) is 15.6. The summed E-state index contributed by atoms with van der Waals surface area (Å²) in [6, 6.07) is 4.10. The SMILES string of the molecule is O=C(C1CC=CCC1c1cccnc1)N1CC2CNCC(C2)C1. The summed E-state index contributed by atoms with van der Waals surface area (Å²) in [6.07, 6.45) is 11.2. The Labute approximate surface area is 138 Å². The van der Waals surface area contributed by atoms with E-state index in [0.717, 1.165) is 39.0 Å². The van der Waals surface area contributed by atoms with Crippen LogP contribution in [0.5, 0.6) is 0 Å². The number of amides is 1. The van der Waals surface area contributed by atoms with Crippen LogP contribution in [0.25, 0.3) is 0 Å². The number of piperidine rings is 2. The molecule has 4 nitrogen and oxygen atoms in total. The van der Waals surface area contributed by atoms with Gasteiger partial charge in [0, 0.05) is 37.3 Å². The standard InChI is InChI=1S/C19H25N3O/c23-19(22-12-14-8-15(13-22)10-21-9-14)18-6-2-1-5-17(18)16-4-3-7-20-11-16/h1-4,7,11,14-15,17-18,21H,5-6,8-10,12-13H2. The lowest BCUT2D eigenvalue weighted by Crippen LogP contribution is -2.54. The fourth-order valence-electron chi connectivity index (χ4n) is 4.57. The zero-order valence-electron chi connectivity index (χ0n) is 13.5. The number of nitrogens with zero attached hydrogens (tertiary/aromatic N) is 2. The van der Waals surface area contributed by atoms with Crippen LogP contribution < -0.4 is 5.32 Å². The van der Waals surface area contributed by atoms with Gasteiger partial charge in [-0.15, -0.1) is 0 Å². The van der Waals surface area contributed by atoms with Gasteiger partial charge in [-0.25, -0.2) is 0 Å². The molecule has 2 bridgehead atoms. The first kappa shape index (κ1) is 14.9. The molecule has 122 valence electrons. The number of allylic oxidation sites excluding steroid dienone is 2. The first-order valence-electron chi connectivity index (χ1n) is 8.85. The van der Waals surface area contributed by atoms with E-state index in [2.05, 4.69) is 33.4 Å². The highest BCUT2D eigenvalue weighted by atomic mass is 16.2. The molecule has 2 saturated heterocycles. The highest BCUT2D eigenvalue weighted by Crippen LogP contribution is 2.36. The molecule has 4 rings (SSSR count). The summed E-state index contributed by atoms with van der Waals surface area (Å²) in [4.78, 5) is 19.6. The second-order valence-electron chi connectivity index (χ2n) is 7.31. The van der Waals surface area contributed by atoms with Crippen molar-refractivity contribution in [3.05, 3.63) is 42.2 Å². The fourth-order valence-corrected chi connectivity index (χ4v) is 4.57. The van der Waals surface area contributed by atoms with Crippen molar-refractivity contribution in [2.75, 3.05) is 26.2 Å². The summed E-state index contributed by atoms with van der Waals surface area (Å²) in [5, 5.41) is 3.50. The molecule has 4 unspecified atom stereocenters. The van der Waals surface area contributed by atoms with Gasteiger partial charge >= 0.3 is 0 Å². The molecule has 4 heteroatoms. The largest absolute Gasteiger partial charge is 0.342 e. The molecule has 1 aromatic heterocycles. The minimum atomic E-state index is 0.0796. The molecule has 1 amide bonds. The van der Waals surface area contributed by atoms with Gasteiger partial charge in [-0.3, -0.25) is 9.78 Å². The van der Waals surface area contributed by atoms with Crippen LogP contribution in [-0.2, 0) is 4.79 Å². The third-order valence-corrected chi connectivity index (χ3v) is 5.66. The van der Waals surface area contributed by atoms with E-state index in [1.54, 1.807) is 6.20 Å². The maximum atomic E-state index is 13.2. The summed E-state index contributed by atoms with van der Waals surface area (Å²) >= 11 is 0. The van der Waals surface area contributed by atoms with Gasteiger partial charge < -0.3 is 10.2 Å². The van der Waals surface area contributed by atoms with E-state index >= 15 is 0 Å². The van der Waals surface area contributed by atoms with E-state index in [1.165, 1.54) is 12.0 Å². The Bertz CT molecular complexity index is 574. The molecule has 4 atom stereocenters. The van der Waals surface area contributed by atoms with Crippen molar-refractivity contribution in [2.24, 2.45) is 17.8 Å². The van der Waals surface area contributed by atoms with Gasteiger partial charge in [-0.2, -0.15) is 0 Å². The molecule has 2 fully saturated rings. The molecular weight excluding hydrogens is 286 g/mol. The van der Waals surface area contributed by atoms with Crippen molar-refractivity contribution in [1.29, 1.82) is 0 Å². The highest BCUT2D eigenvalue weighted by molar-refractivity contribution is 5.80. The summed E-state index contributed by atoms with van der Waals surface area (Å²) < 4.78 is 0. The van der Waals surface area contributed by atoms with E-state index in [9.17, 15) is 4.79 Å². The quantitative estimate of drug-likeness (QED) is 0.852. The fraction of sp³-hybridized carbons (Fsp3) is 0.579. The van der Waals surface area contributed by atoms with E-state index in [4.69, 9.17) is 0 Å². The van der Waals surface area contributed by atoms with Gasteiger partial charge in [0.2, 0.25) is 5.91 Å². The third kappa shape index (κ3) is 3.05. The number of rotatable bonds is 2. The van der Waals surface area contributed by atoms with Crippen LogP contribution >= 0.6 is 0 Å². The van der Waals surface area contributed by atoms with Crippen molar-refractivity contribution >= 4 is 5.91 Å². The van der Waals surface area contributed by atoms with Crippen molar-refractivity contribution < 1.29 is 4.79 Å². The van der Waals surface area contributed by atoms with Crippen molar-refractivity contribution in [3.63, 3.8) is 0 Å². The summed E-state index contributed by atoms with van der Waals surface area (Å²) in [7, 11) is 0. The number of pyridine rings is 1. The molecule has 3 aliphatic rings. The number of hydrogen-bond acceptors (Lipinski definition) is 3. The number of carbonyl (C=O) groups excluding carboxylic acids is 1. The Kier molecular flexibility index (Phi) is 4.17. The second kappa shape index (κ2) is 6.44. The van der Waals surface area contributed by atoms with Crippen LogP contribution in [0.1, 0.15) is 30.7 Å². The number of carbonyl (C=O) groups is 1. The average Bonchev–Trinajstić information content (AvgIpc) is 2.61. The van der Waals surface area contributed by atoms with E-state index in [-0.39, 0.29) is 11.8 Å². The molecule has 0 spiro atoms. The lowest BCUT2D eigenvalue weighted by atomic mass is 9.77. The van der Waals surface area contributed by atoms with Gasteiger partial charge in [0.05, 0.1) is 0 Å². The van der Waals surface area contributed by atoms with Crippen LogP contribution in [-0.4, -0.2) is 42.0 Å². The smallest absolute Gasteiger partial charge is 0.226 e. The minimum absolute atomic E-state index is 0.0796. The van der Waals surface area contributed by atoms with E-state index in [1.807, 2.05) is 12.3 Å². The predicted octanol–water partition coefficient (Wildman–Crippen LogP) is 2.20. The Morgan fingerprint density at radius 2 is 1.96 bits per heavy atom. The summed E-state index contributed by atoms with van der Waals surface area (Å²) in [5.41, 5.74) is 1.20. The lowest BCUT2D eigenvalue weighted by molar-refractivity contribution is -0.139. The Balaban J connectivity index is 1.53. The second-order valence-corrected chi connectivity index (χ2v) is 7.31. The average molecular weight is 311 g/mol. The summed E-state index contributed by atoms with van der Waals surface area (Å²) in [6.45, 7) is 4.00. The number of likely N-dealkylation sites (tertiary alicyclic amines) is 1. The first-order chi connectivity index (χ1) is 11.3. The Morgan fingerprint density at radius 3 is 2.70 bits per heavy atom. The molecular formula is C19H25N3O. The maximum absolute atomic E-state index is 13.2. The molecule has 1 aliphatic carbocycles. The van der Waals surface area contributed by atoms with E-state index < -0.39 is 0 Å². The Morgan fingerprint density at radius 1 is 1.17 bits per heavy atom. The molecule has 0 radical (unpaired) electrons. The van der Waals surface area contributed by atoms with E-state index in [0.29, 0.717) is 17.7 Å². The molecule has 3 heterocycles. The Hall–Kier alpha value is -1.68. The summed E-state index contributed by atoms with van der Waals surface area (Å²) in [5.74, 6) is 2.00. The van der Waals surface area contributed by atoms with Crippen LogP contribution in [0.4, 0.5) is 0 Å². The topological polar surface area (TPSA) is 45.2 Å². The number of nitrogens with one attached hydrogen (secondary N) is 1. The molecule has 0 aromatic carbocycles. The van der Waals surface area contributed by atoms with Gasteiger partial charge in [-0.1, -0.05) is 18.2 Å². The van der Waals surface area contributed by atoms with Crippen LogP contribution in [0.15, 0.2) is 36.7 Å². The van der Waals surface area contributed by atoms with Gasteiger partial charge in [0.25, 0.3) is 0 Å².